The summed E-state index contributed by atoms with van der Waals surface area (Å²) in [7, 11) is 0. The standard InChI is InChI=1S/C11H13I2NO3.ClH/c1-2-17-11(16)9(14)5-6-3-7(12)10(15)8(13)4-6;/h3-4,9,15H,2,5,14H2,1H3;1H/t9-;/m0./s1. The van der Waals surface area contributed by atoms with Gasteiger partial charge < -0.3 is 15.6 Å². The monoisotopic (exact) mass is 497 g/mol. The van der Waals surface area contributed by atoms with Gasteiger partial charge in [-0.1, -0.05) is 0 Å². The third kappa shape index (κ3) is 5.06. The minimum absolute atomic E-state index is 0. The number of esters is 1. The Kier molecular flexibility index (Phi) is 8.48. The fourth-order valence-corrected chi connectivity index (χ4v) is 3.22. The highest BCUT2D eigenvalue weighted by atomic mass is 127. The van der Waals surface area contributed by atoms with E-state index in [9.17, 15) is 9.90 Å². The third-order valence-corrected chi connectivity index (χ3v) is 3.77. The van der Waals surface area contributed by atoms with Gasteiger partial charge in [-0.3, -0.25) is 4.79 Å². The number of aromatic hydroxyl groups is 1. The normalized spacial score (nSPS) is 11.6. The van der Waals surface area contributed by atoms with Gasteiger partial charge in [0, 0.05) is 0 Å². The van der Waals surface area contributed by atoms with Crippen LogP contribution in [0.25, 0.3) is 0 Å². The summed E-state index contributed by atoms with van der Waals surface area (Å²) in [5.74, 6) is -0.134. The molecule has 4 nitrogen and oxygen atoms in total. The Morgan fingerprint density at radius 2 is 1.94 bits per heavy atom. The molecule has 1 aromatic rings. The quantitative estimate of drug-likeness (QED) is 0.495. The highest BCUT2D eigenvalue weighted by molar-refractivity contribution is 14.1. The number of nitrogens with two attached hydrogens (primary N) is 1. The number of ether oxygens (including phenoxy) is 1. The summed E-state index contributed by atoms with van der Waals surface area (Å²) in [5.41, 5.74) is 6.65. The molecule has 0 unspecified atom stereocenters. The van der Waals surface area contributed by atoms with Gasteiger partial charge in [0.15, 0.2) is 0 Å². The van der Waals surface area contributed by atoms with E-state index in [-0.39, 0.29) is 18.2 Å². The second-order valence-corrected chi connectivity index (χ2v) is 5.80. The molecule has 0 aliphatic carbocycles. The number of hydrogen-bond acceptors (Lipinski definition) is 4. The molecule has 18 heavy (non-hydrogen) atoms. The molecule has 0 aliphatic heterocycles. The van der Waals surface area contributed by atoms with Gasteiger partial charge in [0.2, 0.25) is 0 Å². The van der Waals surface area contributed by atoms with Crippen molar-refractivity contribution in [2.45, 2.75) is 19.4 Å². The molecule has 1 atom stereocenters. The summed E-state index contributed by atoms with van der Waals surface area (Å²) >= 11 is 4.09. The van der Waals surface area contributed by atoms with Gasteiger partial charge in [0.1, 0.15) is 11.8 Å². The number of phenols is 1. The molecule has 0 aliphatic rings. The minimum atomic E-state index is -0.661. The molecule has 3 N–H and O–H groups in total. The van der Waals surface area contributed by atoms with Gasteiger partial charge in [-0.25, -0.2) is 0 Å². The zero-order valence-corrected chi connectivity index (χ0v) is 14.8. The Balaban J connectivity index is 0.00000289. The average Bonchev–Trinajstić information content (AvgIpc) is 2.26. The summed E-state index contributed by atoms with van der Waals surface area (Å²) < 4.78 is 6.34. The molecule has 0 amide bonds. The average molecular weight is 497 g/mol. The van der Waals surface area contributed by atoms with E-state index in [1.807, 2.05) is 57.3 Å². The lowest BCUT2D eigenvalue weighted by Crippen LogP contribution is -2.34. The number of halogens is 3. The van der Waals surface area contributed by atoms with E-state index in [2.05, 4.69) is 0 Å². The largest absolute Gasteiger partial charge is 0.506 e. The highest BCUT2D eigenvalue weighted by Crippen LogP contribution is 2.27. The maximum Gasteiger partial charge on any atom is 0.323 e. The minimum Gasteiger partial charge on any atom is -0.506 e. The van der Waals surface area contributed by atoms with Crippen LogP contribution in [-0.2, 0) is 16.0 Å². The summed E-state index contributed by atoms with van der Waals surface area (Å²) in [6.45, 7) is 2.08. The zero-order chi connectivity index (χ0) is 13.0. The summed E-state index contributed by atoms with van der Waals surface area (Å²) in [6, 6.07) is 2.97. The first kappa shape index (κ1) is 18.2. The SMILES string of the molecule is CCOC(=O)[C@@H](N)Cc1cc(I)c(O)c(I)c1.Cl. The predicted octanol–water partition coefficient (Wildman–Crippen LogP) is 2.46. The van der Waals surface area contributed by atoms with Crippen LogP contribution in [0.2, 0.25) is 0 Å². The smallest absolute Gasteiger partial charge is 0.323 e. The Hall–Kier alpha value is 0.200. The molecule has 0 saturated heterocycles. The van der Waals surface area contributed by atoms with E-state index in [1.165, 1.54) is 0 Å². The van der Waals surface area contributed by atoms with Crippen LogP contribution in [0.1, 0.15) is 12.5 Å². The van der Waals surface area contributed by atoms with Gasteiger partial charge in [0.05, 0.1) is 13.7 Å². The first-order valence-electron chi connectivity index (χ1n) is 5.04. The fourth-order valence-electron chi connectivity index (χ4n) is 1.32. The number of benzene rings is 1. The third-order valence-electron chi connectivity index (χ3n) is 2.12. The van der Waals surface area contributed by atoms with Gasteiger partial charge in [-0.2, -0.15) is 0 Å². The van der Waals surface area contributed by atoms with Crippen molar-refractivity contribution >= 4 is 63.6 Å². The van der Waals surface area contributed by atoms with Crippen molar-refractivity contribution in [3.63, 3.8) is 0 Å². The van der Waals surface area contributed by atoms with Crippen LogP contribution in [-0.4, -0.2) is 23.7 Å². The fraction of sp³-hybridized carbons (Fsp3) is 0.364. The van der Waals surface area contributed by atoms with E-state index < -0.39 is 12.0 Å². The molecule has 0 spiro atoms. The first-order valence-corrected chi connectivity index (χ1v) is 7.20. The number of phenolic OH excluding ortho intramolecular Hbond substituents is 1. The highest BCUT2D eigenvalue weighted by Gasteiger charge is 2.16. The van der Waals surface area contributed by atoms with Crippen LogP contribution in [0.4, 0.5) is 0 Å². The molecule has 0 aromatic heterocycles. The molecule has 102 valence electrons. The van der Waals surface area contributed by atoms with Crippen LogP contribution in [0.5, 0.6) is 5.75 Å². The van der Waals surface area contributed by atoms with Crippen molar-refractivity contribution in [3.05, 3.63) is 24.8 Å². The summed E-state index contributed by atoms with van der Waals surface area (Å²) in [6.07, 6.45) is 0.408. The second kappa shape index (κ2) is 8.39. The van der Waals surface area contributed by atoms with E-state index in [1.54, 1.807) is 6.92 Å². The maximum absolute atomic E-state index is 11.4. The van der Waals surface area contributed by atoms with Crippen LogP contribution in [0.3, 0.4) is 0 Å². The summed E-state index contributed by atoms with van der Waals surface area (Å²) in [4.78, 5) is 11.4. The van der Waals surface area contributed by atoms with Crippen molar-refractivity contribution < 1.29 is 14.6 Å². The molecular formula is C11H14ClI2NO3. The van der Waals surface area contributed by atoms with E-state index in [4.69, 9.17) is 10.5 Å². The molecule has 1 aromatic carbocycles. The van der Waals surface area contributed by atoms with Gasteiger partial charge >= 0.3 is 5.97 Å². The van der Waals surface area contributed by atoms with E-state index in [0.717, 1.165) is 12.7 Å². The van der Waals surface area contributed by atoms with Gasteiger partial charge in [0.25, 0.3) is 0 Å². The lowest BCUT2D eigenvalue weighted by Gasteiger charge is -2.11. The molecular weight excluding hydrogens is 483 g/mol. The molecule has 0 saturated carbocycles. The van der Waals surface area contributed by atoms with Crippen molar-refractivity contribution in [2.24, 2.45) is 5.73 Å². The molecule has 0 heterocycles. The van der Waals surface area contributed by atoms with E-state index in [0.29, 0.717) is 13.0 Å². The number of rotatable bonds is 4. The lowest BCUT2D eigenvalue weighted by molar-refractivity contribution is -0.144. The van der Waals surface area contributed by atoms with Crippen molar-refractivity contribution in [1.29, 1.82) is 0 Å². The molecule has 0 fully saturated rings. The maximum atomic E-state index is 11.4. The molecule has 7 heteroatoms. The lowest BCUT2D eigenvalue weighted by atomic mass is 10.1. The number of carbonyl (C=O) groups excluding carboxylic acids is 1. The second-order valence-electron chi connectivity index (χ2n) is 3.47. The number of hydrogen-bond donors (Lipinski definition) is 2. The van der Waals surface area contributed by atoms with Crippen LogP contribution in [0.15, 0.2) is 12.1 Å². The van der Waals surface area contributed by atoms with E-state index >= 15 is 0 Å². The predicted molar refractivity (Wildman–Crippen MR) is 89.1 cm³/mol. The molecule has 0 bridgehead atoms. The van der Waals surface area contributed by atoms with Crippen molar-refractivity contribution in [3.8, 4) is 5.75 Å². The Labute approximate surface area is 139 Å². The topological polar surface area (TPSA) is 72.5 Å². The van der Waals surface area contributed by atoms with Crippen LogP contribution >= 0.6 is 57.6 Å². The first-order chi connectivity index (χ1) is 7.95. The Morgan fingerprint density at radius 3 is 2.39 bits per heavy atom. The van der Waals surface area contributed by atoms with Crippen molar-refractivity contribution in [2.75, 3.05) is 6.61 Å². The molecule has 0 radical (unpaired) electrons. The van der Waals surface area contributed by atoms with Crippen molar-refractivity contribution in [1.82, 2.24) is 0 Å². The van der Waals surface area contributed by atoms with Gasteiger partial charge in [-0.05, 0) is 76.2 Å². The van der Waals surface area contributed by atoms with Crippen LogP contribution < -0.4 is 5.73 Å². The Bertz CT molecular complexity index is 406. The zero-order valence-electron chi connectivity index (χ0n) is 9.65. The van der Waals surface area contributed by atoms with Crippen LogP contribution in [0, 0.1) is 7.14 Å². The van der Waals surface area contributed by atoms with Gasteiger partial charge in [-0.15, -0.1) is 12.4 Å². The number of carbonyl (C=O) groups is 1. The molecule has 1 rings (SSSR count). The Morgan fingerprint density at radius 1 is 1.44 bits per heavy atom. The summed E-state index contributed by atoms with van der Waals surface area (Å²) in [5, 5.41) is 9.62.